The van der Waals surface area contributed by atoms with E-state index < -0.39 is 0 Å². The lowest BCUT2D eigenvalue weighted by Crippen LogP contribution is -1.94. The fourth-order valence-corrected chi connectivity index (χ4v) is 4.27. The number of fused-ring (bicyclic) bond motifs is 1. The molecule has 29 heavy (non-hydrogen) atoms. The van der Waals surface area contributed by atoms with Gasteiger partial charge < -0.3 is 9.84 Å². The lowest BCUT2D eigenvalue weighted by atomic mass is 10.1. The van der Waals surface area contributed by atoms with Gasteiger partial charge in [0.25, 0.3) is 0 Å². The Balaban J connectivity index is 1.58. The van der Waals surface area contributed by atoms with E-state index in [1.807, 2.05) is 42.5 Å². The zero-order chi connectivity index (χ0) is 19.8. The smallest absolute Gasteiger partial charge is 0.223 e. The van der Waals surface area contributed by atoms with Gasteiger partial charge in [-0.3, -0.25) is 0 Å². The lowest BCUT2D eigenvalue weighted by Gasteiger charge is -2.08. The number of rotatable bonds is 4. The molecule has 1 N–H and O–H groups in total. The van der Waals surface area contributed by atoms with E-state index in [4.69, 9.17) is 4.74 Å². The molecule has 2 aromatic carbocycles. The van der Waals surface area contributed by atoms with Crippen LogP contribution in [0.25, 0.3) is 38.3 Å². The van der Waals surface area contributed by atoms with Gasteiger partial charge in [-0.15, -0.1) is 11.3 Å². The Bertz CT molecular complexity index is 1310. The van der Waals surface area contributed by atoms with Gasteiger partial charge in [0, 0.05) is 11.1 Å². The molecule has 142 valence electrons. The van der Waals surface area contributed by atoms with Crippen molar-refractivity contribution in [2.45, 2.75) is 0 Å². The van der Waals surface area contributed by atoms with Gasteiger partial charge >= 0.3 is 0 Å². The molecule has 6 heteroatoms. The van der Waals surface area contributed by atoms with Crippen LogP contribution in [0.1, 0.15) is 0 Å². The van der Waals surface area contributed by atoms with Crippen LogP contribution in [0.15, 0.2) is 78.4 Å². The van der Waals surface area contributed by atoms with Crippen molar-refractivity contribution in [1.29, 1.82) is 0 Å². The summed E-state index contributed by atoms with van der Waals surface area (Å²) in [6.45, 7) is 0. The summed E-state index contributed by atoms with van der Waals surface area (Å²) in [4.78, 5) is 5.65. The minimum atomic E-state index is 0.0503. The van der Waals surface area contributed by atoms with Crippen molar-refractivity contribution in [2.24, 2.45) is 0 Å². The third-order valence-electron chi connectivity index (χ3n) is 4.85. The summed E-state index contributed by atoms with van der Waals surface area (Å²) in [5.41, 5.74) is 5.25. The third-order valence-corrected chi connectivity index (χ3v) is 5.82. The Labute approximate surface area is 171 Å². The lowest BCUT2D eigenvalue weighted by molar-refractivity contribution is 0.415. The fourth-order valence-electron chi connectivity index (χ4n) is 3.35. The highest BCUT2D eigenvalue weighted by molar-refractivity contribution is 7.14. The van der Waals surface area contributed by atoms with E-state index >= 15 is 0 Å². The molecule has 0 saturated carbocycles. The average molecular weight is 399 g/mol. The highest BCUT2D eigenvalue weighted by Gasteiger charge is 2.16. The van der Waals surface area contributed by atoms with E-state index in [1.165, 1.54) is 10.1 Å². The summed E-state index contributed by atoms with van der Waals surface area (Å²) in [5, 5.41) is 17.3. The number of ether oxygens (including phenoxy) is 1. The van der Waals surface area contributed by atoms with Crippen molar-refractivity contribution < 1.29 is 9.84 Å². The Kier molecular flexibility index (Phi) is 4.26. The highest BCUT2D eigenvalue weighted by atomic mass is 32.1. The number of methoxy groups -OCH3 is 1. The average Bonchev–Trinajstić information content (AvgIpc) is 3.42. The second kappa shape index (κ2) is 7.07. The predicted molar refractivity (Wildman–Crippen MR) is 115 cm³/mol. The fraction of sp³-hybridized carbons (Fsp3) is 0.0435. The molecule has 0 aliphatic carbocycles. The molecule has 5 nitrogen and oxygen atoms in total. The quantitative estimate of drug-likeness (QED) is 0.433. The number of nitrogens with zero attached hydrogens (tertiary/aromatic N) is 3. The van der Waals surface area contributed by atoms with Crippen molar-refractivity contribution in [2.75, 3.05) is 7.11 Å². The molecule has 3 heterocycles. The predicted octanol–water partition coefficient (Wildman–Crippen LogP) is 5.51. The normalized spacial score (nSPS) is 11.1. The zero-order valence-corrected chi connectivity index (χ0v) is 16.4. The molecule has 0 aliphatic heterocycles. The number of hydrogen-bond donors (Lipinski definition) is 1. The largest absolute Gasteiger partial charge is 0.497 e. The number of hydrogen-bond acceptors (Lipinski definition) is 5. The van der Waals surface area contributed by atoms with Gasteiger partial charge in [0.05, 0.1) is 24.4 Å². The zero-order valence-electron chi connectivity index (χ0n) is 15.6. The molecule has 0 aliphatic rings. The molecule has 0 saturated heterocycles. The summed E-state index contributed by atoms with van der Waals surface area (Å²) in [6, 6.07) is 19.9. The Morgan fingerprint density at radius 3 is 2.55 bits per heavy atom. The molecule has 0 atom stereocenters. The first-order chi connectivity index (χ1) is 14.2. The number of aromatic hydroxyl groups is 1. The summed E-state index contributed by atoms with van der Waals surface area (Å²) in [6.07, 6.45) is 3.42. The first kappa shape index (κ1) is 17.5. The highest BCUT2D eigenvalue weighted by Crippen LogP contribution is 2.37. The number of thiophene rings is 1. The van der Waals surface area contributed by atoms with Crippen molar-refractivity contribution in [3.63, 3.8) is 0 Å². The first-order valence-electron chi connectivity index (χ1n) is 9.09. The van der Waals surface area contributed by atoms with Crippen LogP contribution in [0.4, 0.5) is 0 Å². The molecule has 5 rings (SSSR count). The third kappa shape index (κ3) is 3.03. The van der Waals surface area contributed by atoms with Crippen molar-refractivity contribution >= 4 is 17.0 Å². The number of benzene rings is 2. The second-order valence-electron chi connectivity index (χ2n) is 6.59. The summed E-state index contributed by atoms with van der Waals surface area (Å²) < 4.78 is 6.76. The minimum Gasteiger partial charge on any atom is -0.497 e. The van der Waals surface area contributed by atoms with E-state index in [1.54, 1.807) is 30.8 Å². The maximum absolute atomic E-state index is 10.8. The molecular weight excluding hydrogens is 382 g/mol. The Morgan fingerprint density at radius 2 is 1.72 bits per heavy atom. The van der Waals surface area contributed by atoms with Crippen LogP contribution in [-0.4, -0.2) is 26.8 Å². The van der Waals surface area contributed by atoms with Crippen LogP contribution >= 0.6 is 11.3 Å². The molecule has 3 aromatic heterocycles. The first-order valence-corrected chi connectivity index (χ1v) is 9.97. The van der Waals surface area contributed by atoms with Crippen LogP contribution < -0.4 is 4.74 Å². The van der Waals surface area contributed by atoms with Crippen molar-refractivity contribution in [3.05, 3.63) is 78.4 Å². The maximum Gasteiger partial charge on any atom is 0.223 e. The van der Waals surface area contributed by atoms with Gasteiger partial charge in [-0.1, -0.05) is 42.5 Å². The molecule has 0 unspecified atom stereocenters. The maximum atomic E-state index is 10.8. The number of aromatic nitrogens is 3. The van der Waals surface area contributed by atoms with E-state index in [-0.39, 0.29) is 5.88 Å². The van der Waals surface area contributed by atoms with Gasteiger partial charge in [-0.2, -0.15) is 9.61 Å². The molecule has 0 bridgehead atoms. The minimum absolute atomic E-state index is 0.0503. The standard InChI is InChI=1S/C23H17N3O2S/c1-28-18-9-5-8-16(10-18)19-12-24-22-20(13-25-26(22)23(19)27)21-11-17(14-29-21)15-6-3-2-4-7-15/h2-14,27H,1H3. The van der Waals surface area contributed by atoms with Gasteiger partial charge in [0.1, 0.15) is 5.75 Å². The van der Waals surface area contributed by atoms with E-state index in [0.717, 1.165) is 27.3 Å². The van der Waals surface area contributed by atoms with Gasteiger partial charge in [-0.25, -0.2) is 4.98 Å². The van der Waals surface area contributed by atoms with Crippen molar-refractivity contribution in [3.8, 4) is 44.3 Å². The Morgan fingerprint density at radius 1 is 0.897 bits per heavy atom. The summed E-state index contributed by atoms with van der Waals surface area (Å²) >= 11 is 1.64. The van der Waals surface area contributed by atoms with E-state index in [2.05, 4.69) is 33.7 Å². The Hall–Kier alpha value is -3.64. The molecule has 5 aromatic rings. The van der Waals surface area contributed by atoms with E-state index in [0.29, 0.717) is 11.2 Å². The van der Waals surface area contributed by atoms with Crippen molar-refractivity contribution in [1.82, 2.24) is 14.6 Å². The molecule has 0 radical (unpaired) electrons. The molecule has 0 amide bonds. The van der Waals surface area contributed by atoms with Crippen LogP contribution in [0.5, 0.6) is 11.6 Å². The molecule has 0 fully saturated rings. The summed E-state index contributed by atoms with van der Waals surface area (Å²) in [5.74, 6) is 0.768. The topological polar surface area (TPSA) is 59.7 Å². The van der Waals surface area contributed by atoms with Crippen LogP contribution in [-0.2, 0) is 0 Å². The monoisotopic (exact) mass is 399 g/mol. The van der Waals surface area contributed by atoms with Crippen LogP contribution in [0.2, 0.25) is 0 Å². The molecular formula is C23H17N3O2S. The summed E-state index contributed by atoms with van der Waals surface area (Å²) in [7, 11) is 1.62. The second-order valence-corrected chi connectivity index (χ2v) is 7.50. The van der Waals surface area contributed by atoms with E-state index in [9.17, 15) is 5.11 Å². The molecule has 0 spiro atoms. The van der Waals surface area contributed by atoms with Gasteiger partial charge in [-0.05, 0) is 40.3 Å². The van der Waals surface area contributed by atoms with Crippen LogP contribution in [0.3, 0.4) is 0 Å². The van der Waals surface area contributed by atoms with Gasteiger partial charge in [0.15, 0.2) is 5.65 Å². The van der Waals surface area contributed by atoms with Crippen LogP contribution in [0, 0.1) is 0 Å². The SMILES string of the molecule is COc1cccc(-c2cnc3c(-c4cc(-c5ccccc5)cs4)cnn3c2O)c1. The van der Waals surface area contributed by atoms with Gasteiger partial charge in [0.2, 0.25) is 5.88 Å².